The molecule has 3 N–H and O–H groups in total. The van der Waals surface area contributed by atoms with Crippen LogP contribution in [0.5, 0.6) is 0 Å². The molecule has 2 rings (SSSR count). The summed E-state index contributed by atoms with van der Waals surface area (Å²) in [7, 11) is -3.47. The summed E-state index contributed by atoms with van der Waals surface area (Å²) in [6, 6.07) is 8.71. The minimum absolute atomic E-state index is 0.272. The van der Waals surface area contributed by atoms with Gasteiger partial charge in [0, 0.05) is 21.3 Å². The van der Waals surface area contributed by atoms with Crippen molar-refractivity contribution in [2.24, 2.45) is 5.73 Å². The van der Waals surface area contributed by atoms with Gasteiger partial charge in [-0.05, 0) is 52.7 Å². The minimum Gasteiger partial charge on any atom is -0.330 e. The van der Waals surface area contributed by atoms with Crippen molar-refractivity contribution in [3.05, 3.63) is 50.6 Å². The molecule has 0 saturated heterocycles. The number of nitrogens with one attached hydrogen (secondary N) is 1. The molecule has 0 aliphatic rings. The minimum atomic E-state index is -3.47. The summed E-state index contributed by atoms with van der Waals surface area (Å²) < 4.78 is 27.8. The largest absolute Gasteiger partial charge is 0.330 e. The summed E-state index contributed by atoms with van der Waals surface area (Å²) in [6.45, 7) is 0.848. The van der Waals surface area contributed by atoms with E-state index >= 15 is 0 Å². The van der Waals surface area contributed by atoms with Gasteiger partial charge in [-0.3, -0.25) is 0 Å². The number of rotatable bonds is 6. The predicted octanol–water partition coefficient (Wildman–Crippen LogP) is 2.49. The van der Waals surface area contributed by atoms with E-state index in [0.29, 0.717) is 13.1 Å². The molecule has 1 aromatic heterocycles. The van der Waals surface area contributed by atoms with Crippen LogP contribution in [0.25, 0.3) is 0 Å². The third-order valence-electron chi connectivity index (χ3n) is 2.72. The Morgan fingerprint density at radius 2 is 1.95 bits per heavy atom. The Kier molecular flexibility index (Phi) is 5.34. The normalized spacial score (nSPS) is 11.7. The highest BCUT2D eigenvalue weighted by Crippen LogP contribution is 2.20. The van der Waals surface area contributed by atoms with Crippen molar-refractivity contribution in [2.45, 2.75) is 17.9 Å². The van der Waals surface area contributed by atoms with Crippen molar-refractivity contribution in [1.29, 1.82) is 0 Å². The molecule has 0 bridgehead atoms. The van der Waals surface area contributed by atoms with Crippen molar-refractivity contribution in [2.75, 3.05) is 6.54 Å². The second-order valence-electron chi connectivity index (χ2n) is 4.24. The summed E-state index contributed by atoms with van der Waals surface area (Å²) >= 11 is 4.85. The molecule has 2 aromatic rings. The summed E-state index contributed by atoms with van der Waals surface area (Å²) in [5.41, 5.74) is 6.50. The van der Waals surface area contributed by atoms with Crippen LogP contribution in [0.1, 0.15) is 10.4 Å². The predicted molar refractivity (Wildman–Crippen MR) is 85.2 cm³/mol. The molecule has 1 heterocycles. The lowest BCUT2D eigenvalue weighted by Gasteiger charge is -2.06. The molecule has 0 unspecified atom stereocenters. The summed E-state index contributed by atoms with van der Waals surface area (Å²) in [4.78, 5) is 1.23. The van der Waals surface area contributed by atoms with E-state index in [4.69, 9.17) is 5.73 Å². The van der Waals surface area contributed by atoms with E-state index in [0.717, 1.165) is 21.3 Å². The van der Waals surface area contributed by atoms with Gasteiger partial charge in [0.1, 0.15) is 0 Å². The average Bonchev–Trinajstić information content (AvgIpc) is 2.84. The summed E-state index contributed by atoms with van der Waals surface area (Å²) in [5, 5.41) is 1.92. The molecule has 1 aromatic carbocycles. The zero-order chi connectivity index (χ0) is 14.6. The Hall–Kier alpha value is -0.730. The van der Waals surface area contributed by atoms with Crippen LogP contribution in [0, 0.1) is 0 Å². The average molecular weight is 375 g/mol. The molecular weight excluding hydrogens is 360 g/mol. The highest BCUT2D eigenvalue weighted by atomic mass is 79.9. The van der Waals surface area contributed by atoms with E-state index < -0.39 is 10.0 Å². The lowest BCUT2D eigenvalue weighted by molar-refractivity contribution is 0.582. The Morgan fingerprint density at radius 1 is 1.25 bits per heavy atom. The van der Waals surface area contributed by atoms with Crippen molar-refractivity contribution in [3.8, 4) is 0 Å². The van der Waals surface area contributed by atoms with E-state index in [1.54, 1.807) is 24.3 Å². The number of sulfonamides is 1. The van der Waals surface area contributed by atoms with Crippen LogP contribution >= 0.6 is 27.3 Å². The molecule has 0 atom stereocenters. The molecule has 7 heteroatoms. The van der Waals surface area contributed by atoms with Gasteiger partial charge < -0.3 is 5.73 Å². The SMILES string of the molecule is NCCc1ccc(S(=O)(=O)NCc2cc(Br)cs2)cc1. The van der Waals surface area contributed by atoms with Gasteiger partial charge >= 0.3 is 0 Å². The smallest absolute Gasteiger partial charge is 0.240 e. The lowest BCUT2D eigenvalue weighted by Crippen LogP contribution is -2.22. The monoisotopic (exact) mass is 374 g/mol. The van der Waals surface area contributed by atoms with Gasteiger partial charge in [0.25, 0.3) is 0 Å². The second-order valence-corrected chi connectivity index (χ2v) is 7.92. The number of nitrogens with two attached hydrogens (primary N) is 1. The van der Waals surface area contributed by atoms with E-state index in [1.165, 1.54) is 11.3 Å². The Labute approximate surface area is 131 Å². The van der Waals surface area contributed by atoms with Gasteiger partial charge in [0.15, 0.2) is 0 Å². The van der Waals surface area contributed by atoms with Crippen LogP contribution in [-0.2, 0) is 23.0 Å². The van der Waals surface area contributed by atoms with Crippen molar-refractivity contribution in [1.82, 2.24) is 4.72 Å². The van der Waals surface area contributed by atoms with Crippen LogP contribution < -0.4 is 10.5 Å². The van der Waals surface area contributed by atoms with Gasteiger partial charge in [0.2, 0.25) is 10.0 Å². The first-order valence-corrected chi connectivity index (χ1v) is 9.18. The second kappa shape index (κ2) is 6.82. The fourth-order valence-electron chi connectivity index (χ4n) is 1.70. The maximum atomic E-state index is 12.1. The van der Waals surface area contributed by atoms with Crippen LogP contribution in [0.4, 0.5) is 0 Å². The topological polar surface area (TPSA) is 72.2 Å². The molecule has 0 amide bonds. The zero-order valence-corrected chi connectivity index (χ0v) is 13.9. The molecule has 0 aliphatic heterocycles. The molecule has 0 aliphatic carbocycles. The quantitative estimate of drug-likeness (QED) is 0.815. The third-order valence-corrected chi connectivity index (χ3v) is 5.84. The molecule has 108 valence electrons. The van der Waals surface area contributed by atoms with Crippen LogP contribution in [0.2, 0.25) is 0 Å². The zero-order valence-electron chi connectivity index (χ0n) is 10.7. The maximum absolute atomic E-state index is 12.1. The first kappa shape index (κ1) is 15.7. The van der Waals surface area contributed by atoms with Gasteiger partial charge in [-0.15, -0.1) is 11.3 Å². The molecule has 0 saturated carbocycles. The van der Waals surface area contributed by atoms with E-state index in [2.05, 4.69) is 20.7 Å². The highest BCUT2D eigenvalue weighted by Gasteiger charge is 2.13. The van der Waals surface area contributed by atoms with Crippen molar-refractivity contribution >= 4 is 37.3 Å². The number of thiophene rings is 1. The maximum Gasteiger partial charge on any atom is 0.240 e. The first-order chi connectivity index (χ1) is 9.51. The number of hydrogen-bond acceptors (Lipinski definition) is 4. The number of benzene rings is 1. The van der Waals surface area contributed by atoms with Gasteiger partial charge in [-0.1, -0.05) is 12.1 Å². The molecule has 0 radical (unpaired) electrons. The number of halogens is 1. The molecular formula is C13H15BrN2O2S2. The Balaban J connectivity index is 2.05. The van der Waals surface area contributed by atoms with E-state index in [1.807, 2.05) is 11.4 Å². The van der Waals surface area contributed by atoms with E-state index in [-0.39, 0.29) is 4.90 Å². The summed E-state index contributed by atoms with van der Waals surface area (Å²) in [6.07, 6.45) is 0.747. The first-order valence-electron chi connectivity index (χ1n) is 6.03. The lowest BCUT2D eigenvalue weighted by atomic mass is 10.2. The van der Waals surface area contributed by atoms with Gasteiger partial charge in [0.05, 0.1) is 4.90 Å². The summed E-state index contributed by atoms with van der Waals surface area (Å²) in [5.74, 6) is 0. The van der Waals surface area contributed by atoms with Gasteiger partial charge in [-0.2, -0.15) is 0 Å². The van der Waals surface area contributed by atoms with Crippen molar-refractivity contribution < 1.29 is 8.42 Å². The fraction of sp³-hybridized carbons (Fsp3) is 0.231. The van der Waals surface area contributed by atoms with E-state index in [9.17, 15) is 8.42 Å². The number of hydrogen-bond donors (Lipinski definition) is 2. The Morgan fingerprint density at radius 3 is 2.50 bits per heavy atom. The van der Waals surface area contributed by atoms with Crippen LogP contribution in [-0.4, -0.2) is 15.0 Å². The molecule has 0 fully saturated rings. The molecule has 20 heavy (non-hydrogen) atoms. The third kappa shape index (κ3) is 4.13. The highest BCUT2D eigenvalue weighted by molar-refractivity contribution is 9.10. The van der Waals surface area contributed by atoms with Gasteiger partial charge in [-0.25, -0.2) is 13.1 Å². The van der Waals surface area contributed by atoms with Crippen LogP contribution in [0.15, 0.2) is 45.1 Å². The van der Waals surface area contributed by atoms with Crippen molar-refractivity contribution in [3.63, 3.8) is 0 Å². The molecule has 4 nitrogen and oxygen atoms in total. The fourth-order valence-corrected chi connectivity index (χ4v) is 4.19. The standard InChI is InChI=1S/C13H15BrN2O2S2/c14-11-7-12(19-9-11)8-16-20(17,18)13-3-1-10(2-4-13)5-6-15/h1-4,7,9,16H,5-6,8,15H2. The Bertz CT molecular complexity index is 666. The van der Waals surface area contributed by atoms with Crippen LogP contribution in [0.3, 0.4) is 0 Å². The molecule has 0 spiro atoms.